The van der Waals surface area contributed by atoms with Crippen LogP contribution in [0.25, 0.3) is 0 Å². The van der Waals surface area contributed by atoms with E-state index < -0.39 is 0 Å². The van der Waals surface area contributed by atoms with Crippen LogP contribution in [0.3, 0.4) is 0 Å². The smallest absolute Gasteiger partial charge is 0.0240 e. The second-order valence-corrected chi connectivity index (χ2v) is 4.18. The van der Waals surface area contributed by atoms with Gasteiger partial charge in [0.2, 0.25) is 0 Å². The second-order valence-electron chi connectivity index (χ2n) is 4.18. The van der Waals surface area contributed by atoms with Crippen LogP contribution < -0.4 is 0 Å². The van der Waals surface area contributed by atoms with Crippen LogP contribution in [-0.2, 0) is 0 Å². The van der Waals surface area contributed by atoms with E-state index in [9.17, 15) is 0 Å². The molecule has 0 nitrogen and oxygen atoms in total. The first-order valence-electron chi connectivity index (χ1n) is 5.55. The molecule has 3 aliphatic rings. The maximum absolute atomic E-state index is 2.31. The summed E-state index contributed by atoms with van der Waals surface area (Å²) in [4.78, 5) is 0. The highest BCUT2D eigenvalue weighted by Gasteiger charge is 2.22. The van der Waals surface area contributed by atoms with Crippen LogP contribution >= 0.6 is 0 Å². The van der Waals surface area contributed by atoms with Gasteiger partial charge in [-0.3, -0.25) is 0 Å². The largest absolute Gasteiger partial charge is 0.0804 e. The van der Waals surface area contributed by atoms with Crippen molar-refractivity contribution in [3.05, 3.63) is 71.4 Å². The first kappa shape index (κ1) is 8.72. The Hall–Kier alpha value is -1.56. The molecule has 0 saturated carbocycles. The minimum Gasteiger partial charge on any atom is -0.0804 e. The van der Waals surface area contributed by atoms with Crippen molar-refractivity contribution in [3.8, 4) is 0 Å². The zero-order valence-electron chi connectivity index (χ0n) is 8.69. The molecular weight excluding hydrogens is 180 g/mol. The van der Waals surface area contributed by atoms with Gasteiger partial charge >= 0.3 is 0 Å². The molecule has 3 rings (SSSR count). The zero-order chi connectivity index (χ0) is 10.1. The summed E-state index contributed by atoms with van der Waals surface area (Å²) in [7, 11) is 0. The second kappa shape index (κ2) is 3.54. The molecule has 0 aliphatic heterocycles. The third-order valence-corrected chi connectivity index (χ3v) is 3.26. The number of hydrogen-bond acceptors (Lipinski definition) is 0. The van der Waals surface area contributed by atoms with Gasteiger partial charge < -0.3 is 0 Å². The van der Waals surface area contributed by atoms with Crippen molar-refractivity contribution >= 4 is 0 Å². The van der Waals surface area contributed by atoms with Crippen LogP contribution in [0.5, 0.6) is 0 Å². The molecule has 0 amide bonds. The molecular formula is C15H14. The van der Waals surface area contributed by atoms with Gasteiger partial charge in [0.1, 0.15) is 0 Å². The van der Waals surface area contributed by atoms with E-state index in [0.717, 1.165) is 12.8 Å². The topological polar surface area (TPSA) is 0 Å². The fourth-order valence-electron chi connectivity index (χ4n) is 2.46. The summed E-state index contributed by atoms with van der Waals surface area (Å²) in [5, 5.41) is 0. The Bertz CT molecular complexity index is 450. The number of hydrogen-bond donors (Lipinski definition) is 0. The highest BCUT2D eigenvalue weighted by atomic mass is 14.3. The molecule has 0 spiro atoms. The lowest BCUT2D eigenvalue weighted by Gasteiger charge is -2.16. The predicted molar refractivity (Wildman–Crippen MR) is 64.4 cm³/mol. The predicted octanol–water partition coefficient (Wildman–Crippen LogP) is 3.87. The fourth-order valence-corrected chi connectivity index (χ4v) is 2.46. The zero-order valence-corrected chi connectivity index (χ0v) is 8.69. The Balaban J connectivity index is 1.85. The Morgan fingerprint density at radius 1 is 0.867 bits per heavy atom. The molecule has 1 unspecified atom stereocenters. The standard InChI is InChI=1S/C15H14/c1-2-7-12(6-1)14-10-5-11-15(14)13-8-3-4-9-13/h1-6,8,10-11,14H,7,9H2. The first-order chi connectivity index (χ1) is 7.45. The third kappa shape index (κ3) is 1.46. The van der Waals surface area contributed by atoms with Crippen molar-refractivity contribution < 1.29 is 0 Å². The molecule has 0 saturated heterocycles. The summed E-state index contributed by atoms with van der Waals surface area (Å²) in [6.45, 7) is 0. The Morgan fingerprint density at radius 3 is 2.47 bits per heavy atom. The van der Waals surface area contributed by atoms with E-state index in [1.54, 1.807) is 0 Å². The highest BCUT2D eigenvalue weighted by Crippen LogP contribution is 2.37. The SMILES string of the molecule is C1=CCC(C2=CC=CC2C2=CC=CC2)=C1. The monoisotopic (exact) mass is 194 g/mol. The van der Waals surface area contributed by atoms with Gasteiger partial charge in [-0.1, -0.05) is 60.3 Å². The van der Waals surface area contributed by atoms with Crippen LogP contribution in [-0.4, -0.2) is 0 Å². The van der Waals surface area contributed by atoms with Crippen LogP contribution in [0.2, 0.25) is 0 Å². The lowest BCUT2D eigenvalue weighted by atomic mass is 9.88. The lowest BCUT2D eigenvalue weighted by molar-refractivity contribution is 0.885. The molecule has 0 aromatic heterocycles. The maximum Gasteiger partial charge on any atom is 0.0240 e. The van der Waals surface area contributed by atoms with Crippen molar-refractivity contribution in [2.24, 2.45) is 5.92 Å². The molecule has 0 aromatic rings. The molecule has 0 heterocycles. The van der Waals surface area contributed by atoms with Gasteiger partial charge in [-0.25, -0.2) is 0 Å². The summed E-state index contributed by atoms with van der Waals surface area (Å²) < 4.78 is 0. The van der Waals surface area contributed by atoms with E-state index in [2.05, 4.69) is 54.7 Å². The highest BCUT2D eigenvalue weighted by molar-refractivity contribution is 5.52. The van der Waals surface area contributed by atoms with Crippen LogP contribution in [0, 0.1) is 5.92 Å². The number of rotatable bonds is 2. The molecule has 0 radical (unpaired) electrons. The molecule has 15 heavy (non-hydrogen) atoms. The van der Waals surface area contributed by atoms with E-state index in [1.807, 2.05) is 0 Å². The van der Waals surface area contributed by atoms with Gasteiger partial charge in [0.15, 0.2) is 0 Å². The van der Waals surface area contributed by atoms with Crippen molar-refractivity contribution in [2.45, 2.75) is 12.8 Å². The Labute approximate surface area is 90.7 Å². The minimum atomic E-state index is 0.533. The van der Waals surface area contributed by atoms with Gasteiger partial charge in [-0.2, -0.15) is 0 Å². The summed E-state index contributed by atoms with van der Waals surface area (Å²) >= 11 is 0. The lowest BCUT2D eigenvalue weighted by Crippen LogP contribution is -2.02. The normalized spacial score (nSPS) is 27.2. The quantitative estimate of drug-likeness (QED) is 0.626. The van der Waals surface area contributed by atoms with Crippen LogP contribution in [0.4, 0.5) is 0 Å². The summed E-state index contributed by atoms with van der Waals surface area (Å²) in [5.41, 5.74) is 4.51. The summed E-state index contributed by atoms with van der Waals surface area (Å²) in [6.07, 6.45) is 22.3. The summed E-state index contributed by atoms with van der Waals surface area (Å²) in [6, 6.07) is 0. The molecule has 0 bridgehead atoms. The van der Waals surface area contributed by atoms with Gasteiger partial charge in [-0.15, -0.1) is 0 Å². The maximum atomic E-state index is 2.31. The van der Waals surface area contributed by atoms with Gasteiger partial charge in [-0.05, 0) is 24.0 Å². The van der Waals surface area contributed by atoms with E-state index in [0.29, 0.717) is 5.92 Å². The van der Waals surface area contributed by atoms with Crippen molar-refractivity contribution in [1.29, 1.82) is 0 Å². The molecule has 0 heteroatoms. The van der Waals surface area contributed by atoms with E-state index in [4.69, 9.17) is 0 Å². The van der Waals surface area contributed by atoms with Crippen molar-refractivity contribution in [1.82, 2.24) is 0 Å². The van der Waals surface area contributed by atoms with E-state index >= 15 is 0 Å². The fraction of sp³-hybridized carbons (Fsp3) is 0.200. The van der Waals surface area contributed by atoms with E-state index in [-0.39, 0.29) is 0 Å². The Kier molecular flexibility index (Phi) is 2.06. The molecule has 0 fully saturated rings. The van der Waals surface area contributed by atoms with Crippen molar-refractivity contribution in [3.63, 3.8) is 0 Å². The van der Waals surface area contributed by atoms with Crippen LogP contribution in [0.15, 0.2) is 71.4 Å². The van der Waals surface area contributed by atoms with E-state index in [1.165, 1.54) is 16.7 Å². The minimum absolute atomic E-state index is 0.533. The molecule has 3 aliphatic carbocycles. The average molecular weight is 194 g/mol. The molecule has 0 aromatic carbocycles. The van der Waals surface area contributed by atoms with Crippen molar-refractivity contribution in [2.75, 3.05) is 0 Å². The average Bonchev–Trinajstić information content (AvgIpc) is 3.01. The first-order valence-corrected chi connectivity index (χ1v) is 5.55. The number of allylic oxidation sites excluding steroid dienone is 12. The Morgan fingerprint density at radius 2 is 1.73 bits per heavy atom. The molecule has 1 atom stereocenters. The van der Waals surface area contributed by atoms with Gasteiger partial charge in [0, 0.05) is 5.92 Å². The van der Waals surface area contributed by atoms with Gasteiger partial charge in [0.05, 0.1) is 0 Å². The molecule has 74 valence electrons. The molecule has 0 N–H and O–H groups in total. The third-order valence-electron chi connectivity index (χ3n) is 3.26. The van der Waals surface area contributed by atoms with Gasteiger partial charge in [0.25, 0.3) is 0 Å². The summed E-state index contributed by atoms with van der Waals surface area (Å²) in [5.74, 6) is 0.533. The van der Waals surface area contributed by atoms with Crippen LogP contribution in [0.1, 0.15) is 12.8 Å².